The fourth-order valence-corrected chi connectivity index (χ4v) is 4.31. The lowest BCUT2D eigenvalue weighted by Crippen LogP contribution is -2.14. The first-order chi connectivity index (χ1) is 12.1. The zero-order valence-electron chi connectivity index (χ0n) is 13.4. The summed E-state index contributed by atoms with van der Waals surface area (Å²) in [6.07, 6.45) is 0. The van der Waals surface area contributed by atoms with Crippen molar-refractivity contribution in [3.63, 3.8) is 0 Å². The maximum atomic E-state index is 12.2. The molecule has 6 nitrogen and oxygen atoms in total. The third kappa shape index (κ3) is 3.10. The molecule has 3 aromatic heterocycles. The third-order valence-electron chi connectivity index (χ3n) is 3.78. The largest absolute Gasteiger partial charge is 0.309 e. The number of nitrogens with one attached hydrogen (secondary N) is 1. The van der Waals surface area contributed by atoms with Gasteiger partial charge in [-0.3, -0.25) is 14.0 Å². The van der Waals surface area contributed by atoms with Crippen LogP contribution < -0.4 is 11.1 Å². The van der Waals surface area contributed by atoms with Crippen LogP contribution in [0.2, 0.25) is 0 Å². The van der Waals surface area contributed by atoms with E-state index in [1.165, 1.54) is 11.3 Å². The highest BCUT2D eigenvalue weighted by Gasteiger charge is 2.08. The van der Waals surface area contributed by atoms with Crippen LogP contribution in [-0.4, -0.2) is 19.4 Å². The molecule has 0 saturated heterocycles. The molecule has 126 valence electrons. The van der Waals surface area contributed by atoms with Crippen LogP contribution in [0.5, 0.6) is 0 Å². The molecule has 0 spiro atoms. The fourth-order valence-electron chi connectivity index (χ4n) is 2.63. The molecular weight excluding hydrogens is 356 g/mol. The summed E-state index contributed by atoms with van der Waals surface area (Å²) in [6, 6.07) is 8.83. The summed E-state index contributed by atoms with van der Waals surface area (Å²) in [6.45, 7) is 1.89. The molecule has 8 heteroatoms. The second-order valence-corrected chi connectivity index (χ2v) is 7.43. The van der Waals surface area contributed by atoms with Crippen molar-refractivity contribution >= 4 is 39.0 Å². The van der Waals surface area contributed by atoms with Gasteiger partial charge in [-0.25, -0.2) is 9.97 Å². The van der Waals surface area contributed by atoms with Crippen LogP contribution in [0.4, 0.5) is 0 Å². The molecule has 25 heavy (non-hydrogen) atoms. The highest BCUT2D eigenvalue weighted by atomic mass is 32.2. The Hall–Kier alpha value is -2.45. The van der Waals surface area contributed by atoms with Crippen LogP contribution in [0.1, 0.15) is 17.2 Å². The van der Waals surface area contributed by atoms with Gasteiger partial charge < -0.3 is 4.98 Å². The van der Waals surface area contributed by atoms with Crippen molar-refractivity contribution in [2.24, 2.45) is 0 Å². The maximum Gasteiger partial charge on any atom is 0.258 e. The average Bonchev–Trinajstić information content (AvgIpc) is 2.96. The molecule has 4 aromatic rings. The van der Waals surface area contributed by atoms with Crippen molar-refractivity contribution in [1.82, 2.24) is 19.4 Å². The number of hydrogen-bond acceptors (Lipinski definition) is 6. The highest BCUT2D eigenvalue weighted by Crippen LogP contribution is 2.17. The minimum absolute atomic E-state index is 0.0587. The molecule has 0 atom stereocenters. The van der Waals surface area contributed by atoms with Gasteiger partial charge >= 0.3 is 0 Å². The van der Waals surface area contributed by atoms with Gasteiger partial charge in [-0.2, -0.15) is 0 Å². The summed E-state index contributed by atoms with van der Waals surface area (Å²) in [7, 11) is 0. The van der Waals surface area contributed by atoms with Gasteiger partial charge in [0.05, 0.1) is 22.3 Å². The Balaban J connectivity index is 1.53. The summed E-state index contributed by atoms with van der Waals surface area (Å²) in [5.41, 5.74) is 2.13. The first-order valence-electron chi connectivity index (χ1n) is 7.64. The second kappa shape index (κ2) is 6.45. The van der Waals surface area contributed by atoms with Crippen molar-refractivity contribution in [2.45, 2.75) is 18.4 Å². The minimum Gasteiger partial charge on any atom is -0.309 e. The van der Waals surface area contributed by atoms with Gasteiger partial charge in [0.25, 0.3) is 11.1 Å². The molecule has 0 amide bonds. The normalized spacial score (nSPS) is 11.4. The smallest absolute Gasteiger partial charge is 0.258 e. The van der Waals surface area contributed by atoms with Crippen LogP contribution in [-0.2, 0) is 11.5 Å². The molecule has 4 rings (SSSR count). The van der Waals surface area contributed by atoms with E-state index in [0.717, 1.165) is 11.4 Å². The van der Waals surface area contributed by atoms with Crippen molar-refractivity contribution < 1.29 is 0 Å². The molecule has 0 unspecified atom stereocenters. The minimum atomic E-state index is -0.131. The van der Waals surface area contributed by atoms with Gasteiger partial charge in [-0.1, -0.05) is 12.1 Å². The number of aryl methyl sites for hydroxylation is 1. The van der Waals surface area contributed by atoms with E-state index < -0.39 is 0 Å². The van der Waals surface area contributed by atoms with E-state index in [2.05, 4.69) is 15.0 Å². The summed E-state index contributed by atoms with van der Waals surface area (Å²) in [5.74, 6) is 1.75. The topological polar surface area (TPSA) is 80.1 Å². The monoisotopic (exact) mass is 370 g/mol. The van der Waals surface area contributed by atoms with E-state index in [9.17, 15) is 9.59 Å². The van der Waals surface area contributed by atoms with E-state index in [-0.39, 0.29) is 11.1 Å². The number of thioether (sulfide) groups is 1. The van der Waals surface area contributed by atoms with Gasteiger partial charge in [-0.15, -0.1) is 23.1 Å². The van der Waals surface area contributed by atoms with Crippen molar-refractivity contribution in [3.05, 3.63) is 73.6 Å². The number of benzene rings is 1. The highest BCUT2D eigenvalue weighted by molar-refractivity contribution is 7.97. The van der Waals surface area contributed by atoms with Gasteiger partial charge in [-0.05, 0) is 19.1 Å². The van der Waals surface area contributed by atoms with E-state index in [0.29, 0.717) is 33.2 Å². The lowest BCUT2D eigenvalue weighted by Gasteiger charge is -2.04. The molecule has 0 fully saturated rings. The standard InChI is InChI=1S/C17H14N4O2S2/c1-10-7-25-17-18-11(6-15(22)21(10)17)8-24-9-14-19-13-5-3-2-4-12(13)16(23)20-14/h2-7H,8-9H2,1H3,(H,19,20,23). The molecule has 0 aliphatic heterocycles. The molecule has 1 aromatic carbocycles. The van der Waals surface area contributed by atoms with Crippen LogP contribution >= 0.6 is 23.1 Å². The predicted molar refractivity (Wildman–Crippen MR) is 101 cm³/mol. The number of H-pyrrole nitrogens is 1. The van der Waals surface area contributed by atoms with Gasteiger partial charge in [0.1, 0.15) is 5.82 Å². The molecule has 0 saturated carbocycles. The summed E-state index contributed by atoms with van der Waals surface area (Å²) in [4.78, 5) is 36.7. The Morgan fingerprint density at radius 3 is 2.92 bits per heavy atom. The first kappa shape index (κ1) is 16.0. The summed E-state index contributed by atoms with van der Waals surface area (Å²) in [5, 5.41) is 2.51. The van der Waals surface area contributed by atoms with Crippen molar-refractivity contribution in [3.8, 4) is 0 Å². The summed E-state index contributed by atoms with van der Waals surface area (Å²) >= 11 is 3.02. The molecule has 0 radical (unpaired) electrons. The molecule has 3 heterocycles. The number of rotatable bonds is 4. The zero-order valence-corrected chi connectivity index (χ0v) is 15.0. The van der Waals surface area contributed by atoms with E-state index >= 15 is 0 Å². The van der Waals surface area contributed by atoms with Crippen LogP contribution in [0.15, 0.2) is 45.3 Å². The van der Waals surface area contributed by atoms with Crippen LogP contribution in [0.3, 0.4) is 0 Å². The predicted octanol–water partition coefficient (Wildman–Crippen LogP) is 2.73. The quantitative estimate of drug-likeness (QED) is 0.597. The van der Waals surface area contributed by atoms with E-state index in [1.807, 2.05) is 30.5 Å². The van der Waals surface area contributed by atoms with E-state index in [4.69, 9.17) is 0 Å². The number of fused-ring (bicyclic) bond motifs is 2. The number of aromatic nitrogens is 4. The Kier molecular flexibility index (Phi) is 4.14. The first-order valence-corrected chi connectivity index (χ1v) is 9.68. The lowest BCUT2D eigenvalue weighted by atomic mass is 10.2. The van der Waals surface area contributed by atoms with Crippen LogP contribution in [0, 0.1) is 6.92 Å². The molecule has 0 bridgehead atoms. The molecule has 1 N–H and O–H groups in total. The van der Waals surface area contributed by atoms with Crippen molar-refractivity contribution in [1.29, 1.82) is 0 Å². The third-order valence-corrected chi connectivity index (χ3v) is 5.70. The number of para-hydroxylation sites is 1. The number of thiazole rings is 1. The van der Waals surface area contributed by atoms with Crippen molar-refractivity contribution in [2.75, 3.05) is 0 Å². The molecule has 0 aliphatic rings. The van der Waals surface area contributed by atoms with Gasteiger partial charge in [0.15, 0.2) is 4.96 Å². The van der Waals surface area contributed by atoms with Crippen LogP contribution in [0.25, 0.3) is 15.9 Å². The van der Waals surface area contributed by atoms with E-state index in [1.54, 1.807) is 28.3 Å². The SMILES string of the molecule is Cc1csc2nc(CSCc3nc4ccccc4c(=O)[nH]3)cc(=O)n12. The lowest BCUT2D eigenvalue weighted by molar-refractivity contribution is 0.995. The Morgan fingerprint density at radius 2 is 2.04 bits per heavy atom. The molecular formula is C17H14N4O2S2. The molecule has 0 aliphatic carbocycles. The Bertz CT molecular complexity index is 1190. The number of nitrogens with zero attached hydrogens (tertiary/aromatic N) is 3. The number of hydrogen-bond donors (Lipinski definition) is 1. The van der Waals surface area contributed by atoms with Gasteiger partial charge in [0.2, 0.25) is 0 Å². The summed E-state index contributed by atoms with van der Waals surface area (Å²) < 4.78 is 1.61. The second-order valence-electron chi connectivity index (χ2n) is 5.60. The van der Waals surface area contributed by atoms with Gasteiger partial charge in [0, 0.05) is 22.9 Å². The average molecular weight is 370 g/mol. The maximum absolute atomic E-state index is 12.2. The Labute approximate surface area is 150 Å². The zero-order chi connectivity index (χ0) is 17.4. The fraction of sp³-hybridized carbons (Fsp3) is 0.176. The Morgan fingerprint density at radius 1 is 1.20 bits per heavy atom. The number of aromatic amines is 1.